The summed E-state index contributed by atoms with van der Waals surface area (Å²) in [6.07, 6.45) is 1.96. The molecule has 0 fully saturated rings. The summed E-state index contributed by atoms with van der Waals surface area (Å²) in [4.78, 5) is 4.16. The number of rotatable bonds is 4. The largest absolute Gasteiger partial charge is 0.356 e. The first-order valence-electron chi connectivity index (χ1n) is 8.33. The smallest absolute Gasteiger partial charge is 0.191 e. The van der Waals surface area contributed by atoms with Crippen LogP contribution in [0.2, 0.25) is 0 Å². The van der Waals surface area contributed by atoms with Crippen LogP contribution in [-0.4, -0.2) is 34.3 Å². The number of nitrogens with zero attached hydrogens (tertiary/aromatic N) is 4. The Labute approximate surface area is 145 Å². The Morgan fingerprint density at radius 3 is 2.72 bits per heavy atom. The van der Waals surface area contributed by atoms with Crippen molar-refractivity contribution >= 4 is 5.96 Å². The average molecular weight is 348 g/mol. The first-order chi connectivity index (χ1) is 12.0. The molecule has 1 unspecified atom stereocenters. The van der Waals surface area contributed by atoms with Gasteiger partial charge in [-0.25, -0.2) is 8.78 Å². The zero-order chi connectivity index (χ0) is 17.8. The SMILES string of the molecule is CN=C(NCc1cc(F)cc(F)c1)NCC1CCc2nnc(C)n2C1. The monoisotopic (exact) mass is 348 g/mol. The van der Waals surface area contributed by atoms with Crippen molar-refractivity contribution in [3.8, 4) is 0 Å². The fraction of sp³-hybridized carbons (Fsp3) is 0.471. The topological polar surface area (TPSA) is 67.1 Å². The maximum Gasteiger partial charge on any atom is 0.191 e. The van der Waals surface area contributed by atoms with Crippen molar-refractivity contribution in [1.82, 2.24) is 25.4 Å². The van der Waals surface area contributed by atoms with E-state index in [0.717, 1.165) is 43.6 Å². The number of hydrogen-bond donors (Lipinski definition) is 2. The number of aryl methyl sites for hydroxylation is 2. The molecule has 2 N–H and O–H groups in total. The van der Waals surface area contributed by atoms with E-state index in [2.05, 4.69) is 30.4 Å². The molecule has 0 saturated heterocycles. The number of nitrogens with one attached hydrogen (secondary N) is 2. The number of aromatic nitrogens is 3. The molecule has 0 saturated carbocycles. The van der Waals surface area contributed by atoms with Gasteiger partial charge < -0.3 is 15.2 Å². The molecule has 1 aliphatic rings. The van der Waals surface area contributed by atoms with Gasteiger partial charge in [-0.1, -0.05) is 0 Å². The van der Waals surface area contributed by atoms with Gasteiger partial charge in [0.1, 0.15) is 23.3 Å². The predicted molar refractivity (Wildman–Crippen MR) is 91.1 cm³/mol. The average Bonchev–Trinajstić information content (AvgIpc) is 2.95. The lowest BCUT2D eigenvalue weighted by atomic mass is 9.99. The van der Waals surface area contributed by atoms with E-state index in [4.69, 9.17) is 0 Å². The van der Waals surface area contributed by atoms with Crippen molar-refractivity contribution in [2.45, 2.75) is 32.9 Å². The maximum atomic E-state index is 13.2. The lowest BCUT2D eigenvalue weighted by Crippen LogP contribution is -2.41. The molecule has 3 rings (SSSR count). The highest BCUT2D eigenvalue weighted by Gasteiger charge is 2.21. The summed E-state index contributed by atoms with van der Waals surface area (Å²) in [5.41, 5.74) is 0.530. The van der Waals surface area contributed by atoms with E-state index in [-0.39, 0.29) is 0 Å². The lowest BCUT2D eigenvalue weighted by molar-refractivity contribution is 0.358. The molecule has 6 nitrogen and oxygen atoms in total. The van der Waals surface area contributed by atoms with Gasteiger partial charge in [-0.05, 0) is 37.0 Å². The van der Waals surface area contributed by atoms with Gasteiger partial charge in [0.15, 0.2) is 5.96 Å². The number of hydrogen-bond acceptors (Lipinski definition) is 3. The first kappa shape index (κ1) is 17.3. The quantitative estimate of drug-likeness (QED) is 0.653. The highest BCUT2D eigenvalue weighted by atomic mass is 19.1. The predicted octanol–water partition coefficient (Wildman–Crippen LogP) is 1.79. The molecule has 134 valence electrons. The Balaban J connectivity index is 1.51. The van der Waals surface area contributed by atoms with Gasteiger partial charge in [-0.2, -0.15) is 0 Å². The Morgan fingerprint density at radius 2 is 2.00 bits per heavy atom. The fourth-order valence-electron chi connectivity index (χ4n) is 3.06. The Bertz CT molecular complexity index is 750. The van der Waals surface area contributed by atoms with Gasteiger partial charge in [0.25, 0.3) is 0 Å². The van der Waals surface area contributed by atoms with E-state index >= 15 is 0 Å². The van der Waals surface area contributed by atoms with Crippen LogP contribution in [0.25, 0.3) is 0 Å². The molecule has 1 aliphatic heterocycles. The third kappa shape index (κ3) is 4.32. The molecular formula is C17H22F2N6. The number of guanidine groups is 1. The van der Waals surface area contributed by atoms with Crippen molar-refractivity contribution in [2.24, 2.45) is 10.9 Å². The molecule has 8 heteroatoms. The van der Waals surface area contributed by atoms with E-state index in [1.54, 1.807) is 7.05 Å². The van der Waals surface area contributed by atoms with E-state index in [0.29, 0.717) is 24.0 Å². The standard InChI is InChI=1S/C17H22F2N6/c1-11-23-24-16-4-3-12(10-25(11)16)8-21-17(20-2)22-9-13-5-14(18)7-15(19)6-13/h5-7,12H,3-4,8-10H2,1-2H3,(H2,20,21,22). The highest BCUT2D eigenvalue weighted by molar-refractivity contribution is 5.79. The van der Waals surface area contributed by atoms with E-state index in [1.807, 2.05) is 6.92 Å². The van der Waals surface area contributed by atoms with Crippen molar-refractivity contribution in [3.63, 3.8) is 0 Å². The van der Waals surface area contributed by atoms with Crippen molar-refractivity contribution in [1.29, 1.82) is 0 Å². The van der Waals surface area contributed by atoms with Gasteiger partial charge in [0.2, 0.25) is 0 Å². The molecule has 1 atom stereocenters. The molecular weight excluding hydrogens is 326 g/mol. The van der Waals surface area contributed by atoms with Gasteiger partial charge in [0, 0.05) is 39.2 Å². The Morgan fingerprint density at radius 1 is 1.24 bits per heavy atom. The van der Waals surface area contributed by atoms with Crippen LogP contribution in [0.15, 0.2) is 23.2 Å². The minimum absolute atomic E-state index is 0.299. The highest BCUT2D eigenvalue weighted by Crippen LogP contribution is 2.19. The van der Waals surface area contributed by atoms with Crippen LogP contribution < -0.4 is 10.6 Å². The number of halogens is 2. The maximum absolute atomic E-state index is 13.2. The molecule has 0 spiro atoms. The molecule has 2 aromatic rings. The van der Waals surface area contributed by atoms with Crippen molar-refractivity contribution < 1.29 is 8.78 Å². The van der Waals surface area contributed by atoms with Crippen molar-refractivity contribution in [3.05, 3.63) is 47.0 Å². The summed E-state index contributed by atoms with van der Waals surface area (Å²) in [5.74, 6) is 1.88. The van der Waals surface area contributed by atoms with Gasteiger partial charge in [-0.15, -0.1) is 10.2 Å². The van der Waals surface area contributed by atoms with Crippen LogP contribution in [0.5, 0.6) is 0 Å². The summed E-state index contributed by atoms with van der Waals surface area (Å²) in [6.45, 7) is 3.90. The zero-order valence-electron chi connectivity index (χ0n) is 14.4. The van der Waals surface area contributed by atoms with Gasteiger partial charge in [-0.3, -0.25) is 4.99 Å². The van der Waals surface area contributed by atoms with Gasteiger partial charge in [0.05, 0.1) is 0 Å². The Hall–Kier alpha value is -2.51. The van der Waals surface area contributed by atoms with Gasteiger partial charge >= 0.3 is 0 Å². The summed E-state index contributed by atoms with van der Waals surface area (Å²) < 4.78 is 28.6. The molecule has 1 aromatic heterocycles. The summed E-state index contributed by atoms with van der Waals surface area (Å²) >= 11 is 0. The van der Waals surface area contributed by atoms with E-state index < -0.39 is 11.6 Å². The fourth-order valence-corrected chi connectivity index (χ4v) is 3.06. The third-order valence-electron chi connectivity index (χ3n) is 4.39. The van der Waals surface area contributed by atoms with E-state index in [1.165, 1.54) is 12.1 Å². The third-order valence-corrected chi connectivity index (χ3v) is 4.39. The van der Waals surface area contributed by atoms with Crippen LogP contribution in [0.4, 0.5) is 8.78 Å². The van der Waals surface area contributed by atoms with Crippen LogP contribution in [0, 0.1) is 24.5 Å². The number of benzene rings is 1. The molecule has 2 heterocycles. The lowest BCUT2D eigenvalue weighted by Gasteiger charge is -2.25. The molecule has 1 aromatic carbocycles. The minimum atomic E-state index is -0.581. The Kier molecular flexibility index (Phi) is 5.25. The van der Waals surface area contributed by atoms with Crippen molar-refractivity contribution in [2.75, 3.05) is 13.6 Å². The van der Waals surface area contributed by atoms with E-state index in [9.17, 15) is 8.78 Å². The summed E-state index contributed by atoms with van der Waals surface area (Å²) in [5, 5.41) is 14.6. The molecule has 25 heavy (non-hydrogen) atoms. The molecule has 0 bridgehead atoms. The second-order valence-corrected chi connectivity index (χ2v) is 6.26. The minimum Gasteiger partial charge on any atom is -0.356 e. The van der Waals surface area contributed by atoms with Crippen LogP contribution in [-0.2, 0) is 19.5 Å². The summed E-state index contributed by atoms with van der Waals surface area (Å²) in [7, 11) is 1.67. The molecule has 0 radical (unpaired) electrons. The van der Waals surface area contributed by atoms with Crippen LogP contribution in [0.3, 0.4) is 0 Å². The van der Waals surface area contributed by atoms with Crippen LogP contribution >= 0.6 is 0 Å². The first-order valence-corrected chi connectivity index (χ1v) is 8.33. The zero-order valence-corrected chi connectivity index (χ0v) is 14.4. The second-order valence-electron chi connectivity index (χ2n) is 6.26. The van der Waals surface area contributed by atoms with Crippen LogP contribution in [0.1, 0.15) is 23.6 Å². The molecule has 0 aliphatic carbocycles. The molecule has 0 amide bonds. The second kappa shape index (κ2) is 7.58. The normalized spacial score (nSPS) is 17.3. The summed E-state index contributed by atoms with van der Waals surface area (Å²) in [6, 6.07) is 3.47. The number of fused-ring (bicyclic) bond motifs is 1. The number of aliphatic imine (C=N–C) groups is 1.